The van der Waals surface area contributed by atoms with Crippen LogP contribution in [0.25, 0.3) is 10.9 Å². The van der Waals surface area contributed by atoms with Gasteiger partial charge < -0.3 is 29.4 Å². The molecule has 4 rings (SSSR count). The number of nitrogens with one attached hydrogen (secondary N) is 2. The van der Waals surface area contributed by atoms with Gasteiger partial charge in [-0.05, 0) is 67.7 Å². The van der Waals surface area contributed by atoms with Crippen LogP contribution < -0.4 is 20.3 Å². The molecular weight excluding hydrogens is 464 g/mol. The number of methoxy groups -OCH3 is 1. The van der Waals surface area contributed by atoms with E-state index in [0.717, 1.165) is 60.9 Å². The minimum atomic E-state index is -0.120. The first-order chi connectivity index (χ1) is 17.1. The van der Waals surface area contributed by atoms with Gasteiger partial charge in [0.15, 0.2) is 5.11 Å². The lowest BCUT2D eigenvalue weighted by atomic mass is 10.1. The van der Waals surface area contributed by atoms with E-state index < -0.39 is 0 Å². The molecule has 2 N–H and O–H groups in total. The molecule has 1 aliphatic rings. The van der Waals surface area contributed by atoms with Crippen molar-refractivity contribution in [3.63, 3.8) is 0 Å². The highest BCUT2D eigenvalue weighted by molar-refractivity contribution is 7.80. The van der Waals surface area contributed by atoms with Crippen LogP contribution in [0.1, 0.15) is 12.5 Å². The van der Waals surface area contributed by atoms with E-state index >= 15 is 0 Å². The molecule has 0 amide bonds. The molecule has 35 heavy (non-hydrogen) atoms. The third kappa shape index (κ3) is 6.72. The maximum Gasteiger partial charge on any atom is 0.253 e. The van der Waals surface area contributed by atoms with E-state index in [-0.39, 0.29) is 5.56 Å². The van der Waals surface area contributed by atoms with Crippen molar-refractivity contribution in [3.05, 3.63) is 64.4 Å². The summed E-state index contributed by atoms with van der Waals surface area (Å²) in [5.41, 5.74) is 2.17. The first-order valence-corrected chi connectivity index (χ1v) is 12.3. The fourth-order valence-electron chi connectivity index (χ4n) is 4.03. The molecule has 0 saturated carbocycles. The maximum atomic E-state index is 12.9. The van der Waals surface area contributed by atoms with Gasteiger partial charge in [-0.1, -0.05) is 0 Å². The Kier molecular flexibility index (Phi) is 8.57. The van der Waals surface area contributed by atoms with E-state index in [0.29, 0.717) is 30.4 Å². The predicted molar refractivity (Wildman–Crippen MR) is 143 cm³/mol. The van der Waals surface area contributed by atoms with Crippen molar-refractivity contribution in [2.45, 2.75) is 13.5 Å². The molecule has 0 spiro atoms. The highest BCUT2D eigenvalue weighted by atomic mass is 32.1. The molecule has 0 unspecified atom stereocenters. The molecule has 1 saturated heterocycles. The number of anilines is 1. The Labute approximate surface area is 210 Å². The monoisotopic (exact) mass is 496 g/mol. The summed E-state index contributed by atoms with van der Waals surface area (Å²) in [6.07, 6.45) is 0. The number of ether oxygens (including phenoxy) is 3. The van der Waals surface area contributed by atoms with Gasteiger partial charge in [-0.15, -0.1) is 0 Å². The number of pyridine rings is 1. The number of nitrogens with zero attached hydrogens (tertiary/aromatic N) is 2. The van der Waals surface area contributed by atoms with Gasteiger partial charge in [-0.25, -0.2) is 0 Å². The third-order valence-corrected chi connectivity index (χ3v) is 6.34. The first-order valence-electron chi connectivity index (χ1n) is 11.8. The Morgan fingerprint density at radius 2 is 1.89 bits per heavy atom. The molecule has 2 aromatic carbocycles. The zero-order valence-electron chi connectivity index (χ0n) is 20.2. The molecule has 8 nitrogen and oxygen atoms in total. The average molecular weight is 497 g/mol. The molecule has 1 fully saturated rings. The molecule has 9 heteroatoms. The number of H-pyrrole nitrogens is 1. The molecule has 3 aromatic rings. The lowest BCUT2D eigenvalue weighted by Gasteiger charge is -2.31. The summed E-state index contributed by atoms with van der Waals surface area (Å²) in [5, 5.41) is 4.80. The van der Waals surface area contributed by atoms with Crippen LogP contribution in [0.2, 0.25) is 0 Å². The molecule has 2 heterocycles. The lowest BCUT2D eigenvalue weighted by Crippen LogP contribution is -2.44. The van der Waals surface area contributed by atoms with Crippen LogP contribution in [0.15, 0.2) is 53.3 Å². The summed E-state index contributed by atoms with van der Waals surface area (Å²) in [5.74, 6) is 1.55. The molecule has 0 bridgehead atoms. The molecule has 0 atom stereocenters. The smallest absolute Gasteiger partial charge is 0.253 e. The number of fused-ring (bicyclic) bond motifs is 1. The minimum absolute atomic E-state index is 0.120. The number of thiocarbonyl (C=S) groups is 1. The highest BCUT2D eigenvalue weighted by Crippen LogP contribution is 2.20. The van der Waals surface area contributed by atoms with Gasteiger partial charge in [0.25, 0.3) is 5.56 Å². The van der Waals surface area contributed by atoms with E-state index in [1.807, 2.05) is 60.4 Å². The van der Waals surface area contributed by atoms with Gasteiger partial charge in [0, 0.05) is 48.3 Å². The number of hydrogen-bond acceptors (Lipinski definition) is 6. The van der Waals surface area contributed by atoms with Crippen LogP contribution in [-0.4, -0.2) is 73.0 Å². The summed E-state index contributed by atoms with van der Waals surface area (Å²) in [7, 11) is 1.64. The Balaban J connectivity index is 1.55. The standard InChI is InChI=1S/C26H32N4O4S/c1-3-34-23-8-9-24-19(17-23)16-20(25(31)28-24)18-30(11-10-29-12-14-33-15-13-29)26(35)27-21-4-6-22(32-2)7-5-21/h4-9,16-17H,3,10-15,18H2,1-2H3,(H,27,35)(H,28,31). The molecular formula is C26H32N4O4S. The van der Waals surface area contributed by atoms with Gasteiger partial charge >= 0.3 is 0 Å². The Morgan fingerprint density at radius 3 is 2.60 bits per heavy atom. The quantitative estimate of drug-likeness (QED) is 0.436. The normalized spacial score (nSPS) is 14.0. The summed E-state index contributed by atoms with van der Waals surface area (Å²) in [4.78, 5) is 20.3. The van der Waals surface area contributed by atoms with Crippen molar-refractivity contribution >= 4 is 33.9 Å². The van der Waals surface area contributed by atoms with Crippen LogP contribution in [-0.2, 0) is 11.3 Å². The van der Waals surface area contributed by atoms with Crippen LogP contribution in [0.3, 0.4) is 0 Å². The van der Waals surface area contributed by atoms with Crippen molar-refractivity contribution in [1.29, 1.82) is 0 Å². The third-order valence-electron chi connectivity index (χ3n) is 5.98. The highest BCUT2D eigenvalue weighted by Gasteiger charge is 2.17. The zero-order valence-corrected chi connectivity index (χ0v) is 21.0. The van der Waals surface area contributed by atoms with Crippen LogP contribution in [0.5, 0.6) is 11.5 Å². The fourth-order valence-corrected chi connectivity index (χ4v) is 4.30. The SMILES string of the molecule is CCOc1ccc2[nH]c(=O)c(CN(CCN3CCOCC3)C(=S)Nc3ccc(OC)cc3)cc2c1. The number of hydrogen-bond donors (Lipinski definition) is 2. The number of aromatic nitrogens is 1. The van der Waals surface area contributed by atoms with Crippen LogP contribution >= 0.6 is 12.2 Å². The second-order valence-corrected chi connectivity index (χ2v) is 8.73. The van der Waals surface area contributed by atoms with Gasteiger partial charge in [-0.2, -0.15) is 0 Å². The van der Waals surface area contributed by atoms with E-state index in [1.54, 1.807) is 7.11 Å². The molecule has 1 aliphatic heterocycles. The maximum absolute atomic E-state index is 12.9. The topological polar surface area (TPSA) is 79.1 Å². The summed E-state index contributed by atoms with van der Waals surface area (Å²) >= 11 is 5.79. The fraction of sp³-hybridized carbons (Fsp3) is 0.385. The Hall–Kier alpha value is -3.14. The molecule has 0 aliphatic carbocycles. The summed E-state index contributed by atoms with van der Waals surface area (Å²) in [6, 6.07) is 15.2. The van der Waals surface area contributed by atoms with Crippen molar-refractivity contribution in [1.82, 2.24) is 14.8 Å². The largest absolute Gasteiger partial charge is 0.497 e. The van der Waals surface area contributed by atoms with E-state index in [9.17, 15) is 4.79 Å². The molecule has 1 aromatic heterocycles. The predicted octanol–water partition coefficient (Wildman–Crippen LogP) is 3.47. The van der Waals surface area contributed by atoms with Crippen molar-refractivity contribution in [3.8, 4) is 11.5 Å². The van der Waals surface area contributed by atoms with Crippen molar-refractivity contribution < 1.29 is 14.2 Å². The summed E-state index contributed by atoms with van der Waals surface area (Å²) in [6.45, 7) is 7.69. The average Bonchev–Trinajstić information content (AvgIpc) is 2.88. The minimum Gasteiger partial charge on any atom is -0.497 e. The molecule has 186 valence electrons. The van der Waals surface area contributed by atoms with Gasteiger partial charge in [0.2, 0.25) is 0 Å². The number of morpholine rings is 1. The van der Waals surface area contributed by atoms with Crippen molar-refractivity contribution in [2.75, 3.05) is 58.4 Å². The van der Waals surface area contributed by atoms with Gasteiger partial charge in [0.1, 0.15) is 11.5 Å². The first kappa shape index (κ1) is 25.0. The van der Waals surface area contributed by atoms with Gasteiger partial charge in [0.05, 0.1) is 33.5 Å². The van der Waals surface area contributed by atoms with E-state index in [1.165, 1.54) is 0 Å². The lowest BCUT2D eigenvalue weighted by molar-refractivity contribution is 0.0358. The Morgan fingerprint density at radius 1 is 1.14 bits per heavy atom. The van der Waals surface area contributed by atoms with Crippen LogP contribution in [0.4, 0.5) is 5.69 Å². The molecule has 0 radical (unpaired) electrons. The number of rotatable bonds is 9. The Bertz CT molecular complexity index is 1190. The van der Waals surface area contributed by atoms with E-state index in [2.05, 4.69) is 15.2 Å². The second-order valence-electron chi connectivity index (χ2n) is 8.34. The van der Waals surface area contributed by atoms with Crippen molar-refractivity contribution in [2.24, 2.45) is 0 Å². The van der Waals surface area contributed by atoms with E-state index in [4.69, 9.17) is 26.4 Å². The second kappa shape index (κ2) is 12.0. The van der Waals surface area contributed by atoms with Gasteiger partial charge in [-0.3, -0.25) is 9.69 Å². The summed E-state index contributed by atoms with van der Waals surface area (Å²) < 4.78 is 16.4. The zero-order chi connectivity index (χ0) is 24.6. The number of benzene rings is 2. The number of aromatic amines is 1. The van der Waals surface area contributed by atoms with Crippen LogP contribution in [0, 0.1) is 0 Å².